The highest BCUT2D eigenvalue weighted by Gasteiger charge is 2.28. The lowest BCUT2D eigenvalue weighted by Crippen LogP contribution is -2.44. The number of benzene rings is 1. The molecule has 1 atom stereocenters. The summed E-state index contributed by atoms with van der Waals surface area (Å²) < 4.78 is 18.5. The number of carbonyl (C=O) groups excluding carboxylic acids is 1. The van der Waals surface area contributed by atoms with E-state index >= 15 is 0 Å². The maximum atomic E-state index is 12.9. The predicted octanol–water partition coefficient (Wildman–Crippen LogP) is 3.19. The molecular formula is C20H19FN6O2. The van der Waals surface area contributed by atoms with Crippen molar-refractivity contribution in [1.82, 2.24) is 15.0 Å². The lowest BCUT2D eigenvalue weighted by atomic mass is 10.2. The first-order valence-corrected chi connectivity index (χ1v) is 9.02. The number of ether oxygens (including phenoxy) is 1. The normalized spacial score (nSPS) is 15.5. The Kier molecular flexibility index (Phi) is 4.94. The highest BCUT2D eigenvalue weighted by atomic mass is 19.1. The van der Waals surface area contributed by atoms with Gasteiger partial charge in [-0.15, -0.1) is 0 Å². The molecule has 0 unspecified atom stereocenters. The molecule has 0 aliphatic carbocycles. The molecule has 4 rings (SSSR count). The third-order valence-corrected chi connectivity index (χ3v) is 4.61. The van der Waals surface area contributed by atoms with E-state index in [0.29, 0.717) is 35.6 Å². The second-order valence-corrected chi connectivity index (χ2v) is 6.62. The molecule has 8 nitrogen and oxygen atoms in total. The van der Waals surface area contributed by atoms with E-state index < -0.39 is 0 Å². The molecule has 3 aromatic rings. The van der Waals surface area contributed by atoms with Crippen LogP contribution in [0.5, 0.6) is 11.6 Å². The summed E-state index contributed by atoms with van der Waals surface area (Å²) >= 11 is 0. The van der Waals surface area contributed by atoms with Crippen molar-refractivity contribution in [3.05, 3.63) is 60.2 Å². The third-order valence-electron chi connectivity index (χ3n) is 4.61. The molecule has 29 heavy (non-hydrogen) atoms. The number of carbonyl (C=O) groups is 1. The Bertz CT molecular complexity index is 1030. The van der Waals surface area contributed by atoms with Crippen molar-refractivity contribution < 1.29 is 13.9 Å². The maximum Gasteiger partial charge on any atom is 0.246 e. The van der Waals surface area contributed by atoms with E-state index in [-0.39, 0.29) is 17.8 Å². The number of hydrogen-bond donors (Lipinski definition) is 2. The van der Waals surface area contributed by atoms with E-state index in [2.05, 4.69) is 25.6 Å². The lowest BCUT2D eigenvalue weighted by Gasteiger charge is -2.31. The Morgan fingerprint density at radius 3 is 2.69 bits per heavy atom. The number of rotatable bonds is 5. The zero-order valence-electron chi connectivity index (χ0n) is 15.9. The lowest BCUT2D eigenvalue weighted by molar-refractivity contribution is -0.117. The molecule has 1 aliphatic heterocycles. The summed E-state index contributed by atoms with van der Waals surface area (Å²) in [4.78, 5) is 26.7. The molecule has 0 fully saturated rings. The first-order chi connectivity index (χ1) is 14.0. The Morgan fingerprint density at radius 2 is 1.97 bits per heavy atom. The van der Waals surface area contributed by atoms with E-state index in [9.17, 15) is 9.18 Å². The van der Waals surface area contributed by atoms with E-state index in [1.165, 1.54) is 12.1 Å². The van der Waals surface area contributed by atoms with E-state index in [0.717, 1.165) is 5.56 Å². The maximum absolute atomic E-state index is 12.9. The van der Waals surface area contributed by atoms with Crippen LogP contribution in [-0.4, -0.2) is 33.9 Å². The van der Waals surface area contributed by atoms with Crippen LogP contribution in [0.3, 0.4) is 0 Å². The van der Waals surface area contributed by atoms with Crippen molar-refractivity contribution in [2.24, 2.45) is 0 Å². The number of halogens is 1. The third kappa shape index (κ3) is 4.08. The second-order valence-electron chi connectivity index (χ2n) is 6.62. The Hall–Kier alpha value is -3.75. The summed E-state index contributed by atoms with van der Waals surface area (Å²) in [5, 5.41) is 5.94. The summed E-state index contributed by atoms with van der Waals surface area (Å²) in [7, 11) is 1.82. The molecule has 9 heteroatoms. The fraction of sp³-hybridized carbons (Fsp3) is 0.200. The standard InChI is InChI=1S/C20H19FN6O2/c1-12-19(28)25-16-11-24-20(26-18(16)27(12)2)23-10-13-3-8-17(22-9-13)29-15-6-4-14(21)5-7-15/h3-9,11-12H,10H2,1-2H3,(H,25,28)(H,23,24,26)/t12-/m0/s1. The molecular weight excluding hydrogens is 375 g/mol. The second kappa shape index (κ2) is 7.70. The molecule has 0 saturated carbocycles. The van der Waals surface area contributed by atoms with Gasteiger partial charge in [0.2, 0.25) is 17.7 Å². The topological polar surface area (TPSA) is 92.3 Å². The fourth-order valence-corrected chi connectivity index (χ4v) is 2.79. The van der Waals surface area contributed by atoms with Gasteiger partial charge in [-0.2, -0.15) is 4.98 Å². The first-order valence-electron chi connectivity index (χ1n) is 9.02. The van der Waals surface area contributed by atoms with Crippen molar-refractivity contribution >= 4 is 23.4 Å². The van der Waals surface area contributed by atoms with Crippen LogP contribution in [-0.2, 0) is 11.3 Å². The van der Waals surface area contributed by atoms with Crippen LogP contribution in [0.4, 0.5) is 21.8 Å². The number of pyridine rings is 1. The monoisotopic (exact) mass is 394 g/mol. The number of amides is 1. The molecule has 0 spiro atoms. The summed E-state index contributed by atoms with van der Waals surface area (Å²) in [6.07, 6.45) is 3.27. The van der Waals surface area contributed by atoms with E-state index in [1.54, 1.807) is 30.6 Å². The summed E-state index contributed by atoms with van der Waals surface area (Å²) in [5.41, 5.74) is 1.50. The summed E-state index contributed by atoms with van der Waals surface area (Å²) in [6.45, 7) is 2.28. The largest absolute Gasteiger partial charge is 0.439 e. The minimum absolute atomic E-state index is 0.0849. The quantitative estimate of drug-likeness (QED) is 0.687. The Labute approximate surface area is 166 Å². The number of aromatic nitrogens is 3. The highest BCUT2D eigenvalue weighted by Crippen LogP contribution is 2.29. The van der Waals surface area contributed by atoms with Crippen molar-refractivity contribution in [3.8, 4) is 11.6 Å². The van der Waals surface area contributed by atoms with Crippen molar-refractivity contribution in [2.75, 3.05) is 22.6 Å². The summed E-state index contributed by atoms with van der Waals surface area (Å²) in [5.74, 6) is 1.63. The highest BCUT2D eigenvalue weighted by molar-refractivity contribution is 6.02. The first kappa shape index (κ1) is 18.6. The van der Waals surface area contributed by atoms with Gasteiger partial charge in [-0.25, -0.2) is 14.4 Å². The van der Waals surface area contributed by atoms with E-state index in [1.807, 2.05) is 24.9 Å². The molecule has 2 aromatic heterocycles. The minimum atomic E-state index is -0.320. The Morgan fingerprint density at radius 1 is 1.17 bits per heavy atom. The van der Waals surface area contributed by atoms with Crippen molar-refractivity contribution in [3.63, 3.8) is 0 Å². The average Bonchev–Trinajstić information content (AvgIpc) is 2.73. The molecule has 0 radical (unpaired) electrons. The van der Waals surface area contributed by atoms with Gasteiger partial charge in [0.25, 0.3) is 0 Å². The zero-order valence-corrected chi connectivity index (χ0v) is 15.9. The molecule has 1 aliphatic rings. The van der Waals surface area contributed by atoms with Gasteiger partial charge in [0.15, 0.2) is 5.82 Å². The van der Waals surface area contributed by atoms with Gasteiger partial charge in [-0.1, -0.05) is 6.07 Å². The van der Waals surface area contributed by atoms with Crippen LogP contribution in [0.2, 0.25) is 0 Å². The number of hydrogen-bond acceptors (Lipinski definition) is 7. The van der Waals surface area contributed by atoms with Crippen LogP contribution in [0.25, 0.3) is 0 Å². The van der Waals surface area contributed by atoms with Gasteiger partial charge >= 0.3 is 0 Å². The van der Waals surface area contributed by atoms with Crippen LogP contribution in [0, 0.1) is 5.82 Å². The molecule has 2 N–H and O–H groups in total. The van der Waals surface area contributed by atoms with Gasteiger partial charge < -0.3 is 20.3 Å². The SMILES string of the molecule is C[C@H]1C(=O)Nc2cnc(NCc3ccc(Oc4ccc(F)cc4)nc3)nc2N1C. The molecule has 0 saturated heterocycles. The fourth-order valence-electron chi connectivity index (χ4n) is 2.79. The average molecular weight is 394 g/mol. The van der Waals surface area contributed by atoms with Crippen LogP contribution >= 0.6 is 0 Å². The van der Waals surface area contributed by atoms with Crippen LogP contribution in [0.15, 0.2) is 48.8 Å². The number of anilines is 3. The van der Waals surface area contributed by atoms with Gasteiger partial charge in [0, 0.05) is 25.9 Å². The number of likely N-dealkylation sites (N-methyl/N-ethyl adjacent to an activating group) is 1. The van der Waals surface area contributed by atoms with Gasteiger partial charge in [0.05, 0.1) is 6.20 Å². The van der Waals surface area contributed by atoms with Gasteiger partial charge in [-0.05, 0) is 36.8 Å². The predicted molar refractivity (Wildman–Crippen MR) is 107 cm³/mol. The molecule has 0 bridgehead atoms. The number of nitrogens with one attached hydrogen (secondary N) is 2. The zero-order chi connectivity index (χ0) is 20.4. The van der Waals surface area contributed by atoms with Gasteiger partial charge in [-0.3, -0.25) is 4.79 Å². The smallest absolute Gasteiger partial charge is 0.246 e. The van der Waals surface area contributed by atoms with Gasteiger partial charge in [0.1, 0.15) is 23.3 Å². The molecule has 1 aromatic carbocycles. The van der Waals surface area contributed by atoms with Crippen molar-refractivity contribution in [2.45, 2.75) is 19.5 Å². The molecule has 3 heterocycles. The van der Waals surface area contributed by atoms with Crippen LogP contribution < -0.4 is 20.3 Å². The van der Waals surface area contributed by atoms with Crippen molar-refractivity contribution in [1.29, 1.82) is 0 Å². The molecule has 148 valence electrons. The molecule has 1 amide bonds. The number of nitrogens with zero attached hydrogens (tertiary/aromatic N) is 4. The van der Waals surface area contributed by atoms with Crippen LogP contribution in [0.1, 0.15) is 12.5 Å². The number of fused-ring (bicyclic) bond motifs is 1. The Balaban J connectivity index is 1.39. The summed E-state index contributed by atoms with van der Waals surface area (Å²) in [6, 6.07) is 9.04. The van der Waals surface area contributed by atoms with E-state index in [4.69, 9.17) is 4.74 Å². The minimum Gasteiger partial charge on any atom is -0.439 e.